The summed E-state index contributed by atoms with van der Waals surface area (Å²) in [5.41, 5.74) is 0.418. The Labute approximate surface area is 109 Å². The van der Waals surface area contributed by atoms with Crippen molar-refractivity contribution in [3.05, 3.63) is 28.7 Å². The van der Waals surface area contributed by atoms with Gasteiger partial charge in [0.2, 0.25) is 10.0 Å². The molecule has 5 nitrogen and oxygen atoms in total. The van der Waals surface area contributed by atoms with Gasteiger partial charge >= 0.3 is 5.97 Å². The number of benzene rings is 1. The second-order valence-corrected chi connectivity index (χ2v) is 6.14. The van der Waals surface area contributed by atoms with Crippen molar-refractivity contribution in [1.82, 2.24) is 0 Å². The predicted molar refractivity (Wildman–Crippen MR) is 68.3 cm³/mol. The number of hydrogen-bond donors (Lipinski definition) is 0. The number of halogens is 1. The molecule has 94 valence electrons. The molecule has 0 atom stereocenters. The largest absolute Gasteiger partial charge is 0.468 e. The Hall–Kier alpha value is -1.08. The van der Waals surface area contributed by atoms with Crippen molar-refractivity contribution in [2.75, 3.05) is 24.2 Å². The third-order valence-electron chi connectivity index (χ3n) is 2.02. The number of methoxy groups -OCH3 is 1. The van der Waals surface area contributed by atoms with Crippen LogP contribution in [-0.4, -0.2) is 34.3 Å². The topological polar surface area (TPSA) is 63.7 Å². The Balaban J connectivity index is 3.07. The number of nitrogens with zero attached hydrogens (tertiary/aromatic N) is 1. The summed E-state index contributed by atoms with van der Waals surface area (Å²) in [6.45, 7) is -0.336. The lowest BCUT2D eigenvalue weighted by Gasteiger charge is -2.20. The first-order valence-electron chi connectivity index (χ1n) is 4.64. The molecular formula is C10H12BrNO4S. The molecule has 0 aliphatic rings. The minimum atomic E-state index is -3.52. The average Bonchev–Trinajstić information content (AvgIpc) is 2.25. The average molecular weight is 322 g/mol. The number of carbonyl (C=O) groups excluding carboxylic acids is 1. The molecule has 1 rings (SSSR count). The van der Waals surface area contributed by atoms with E-state index in [0.717, 1.165) is 15.0 Å². The summed E-state index contributed by atoms with van der Waals surface area (Å²) in [6.07, 6.45) is 1.04. The number of anilines is 1. The Kier molecular flexibility index (Phi) is 4.53. The van der Waals surface area contributed by atoms with Gasteiger partial charge in [-0.05, 0) is 24.3 Å². The Morgan fingerprint density at radius 2 is 1.88 bits per heavy atom. The Morgan fingerprint density at radius 3 is 2.29 bits per heavy atom. The lowest BCUT2D eigenvalue weighted by molar-refractivity contribution is -0.138. The second kappa shape index (κ2) is 5.50. The van der Waals surface area contributed by atoms with Crippen LogP contribution in [0.1, 0.15) is 0 Å². The number of ether oxygens (including phenoxy) is 1. The monoisotopic (exact) mass is 321 g/mol. The van der Waals surface area contributed by atoms with Gasteiger partial charge in [-0.2, -0.15) is 0 Å². The number of carbonyl (C=O) groups is 1. The molecule has 1 aromatic rings. The van der Waals surface area contributed by atoms with Crippen molar-refractivity contribution < 1.29 is 17.9 Å². The van der Waals surface area contributed by atoms with Gasteiger partial charge in [-0.15, -0.1) is 0 Å². The molecule has 0 saturated carbocycles. The molecule has 0 heterocycles. The van der Waals surface area contributed by atoms with Crippen molar-refractivity contribution in [3.8, 4) is 0 Å². The first kappa shape index (κ1) is 14.0. The molecule has 7 heteroatoms. The Morgan fingerprint density at radius 1 is 1.35 bits per heavy atom. The fourth-order valence-corrected chi connectivity index (χ4v) is 2.30. The maximum Gasteiger partial charge on any atom is 0.326 e. The number of esters is 1. The molecule has 0 spiro atoms. The lowest BCUT2D eigenvalue weighted by Crippen LogP contribution is -2.35. The summed E-state index contributed by atoms with van der Waals surface area (Å²) >= 11 is 3.25. The van der Waals surface area contributed by atoms with Crippen LogP contribution < -0.4 is 4.31 Å². The molecule has 0 unspecified atom stereocenters. The summed E-state index contributed by atoms with van der Waals surface area (Å²) < 4.78 is 29.4. The quantitative estimate of drug-likeness (QED) is 0.786. The van der Waals surface area contributed by atoms with Gasteiger partial charge in [0, 0.05) is 4.47 Å². The SMILES string of the molecule is COC(=O)CN(c1ccc(Br)cc1)S(C)(=O)=O. The molecule has 0 bridgehead atoms. The summed E-state index contributed by atoms with van der Waals surface area (Å²) in [5, 5.41) is 0. The van der Waals surface area contributed by atoms with Crippen molar-refractivity contribution in [3.63, 3.8) is 0 Å². The highest BCUT2D eigenvalue weighted by molar-refractivity contribution is 9.10. The second-order valence-electron chi connectivity index (χ2n) is 3.32. The van der Waals surface area contributed by atoms with Crippen LogP contribution >= 0.6 is 15.9 Å². The standard InChI is InChI=1S/C10H12BrNO4S/c1-16-10(13)7-12(17(2,14)15)9-5-3-8(11)4-6-9/h3-6H,7H2,1-2H3. The number of sulfonamides is 1. The van der Waals surface area contributed by atoms with Gasteiger partial charge in [-0.25, -0.2) is 8.42 Å². The molecule has 0 fully saturated rings. The zero-order valence-electron chi connectivity index (χ0n) is 9.38. The summed E-state index contributed by atoms with van der Waals surface area (Å²) in [7, 11) is -2.31. The molecule has 0 aliphatic heterocycles. The van der Waals surface area contributed by atoms with Crippen LogP contribution in [0.25, 0.3) is 0 Å². The van der Waals surface area contributed by atoms with Crippen LogP contribution in [0.5, 0.6) is 0 Å². The zero-order valence-corrected chi connectivity index (χ0v) is 11.8. The van der Waals surface area contributed by atoms with Crippen molar-refractivity contribution >= 4 is 37.6 Å². The van der Waals surface area contributed by atoms with Crippen LogP contribution in [0.2, 0.25) is 0 Å². The van der Waals surface area contributed by atoms with E-state index in [9.17, 15) is 13.2 Å². The molecule has 0 radical (unpaired) electrons. The molecule has 0 saturated heterocycles. The van der Waals surface area contributed by atoms with Crippen LogP contribution in [-0.2, 0) is 19.6 Å². The van der Waals surface area contributed by atoms with E-state index >= 15 is 0 Å². The zero-order chi connectivity index (χ0) is 13.1. The maximum atomic E-state index is 11.6. The van der Waals surface area contributed by atoms with Crippen LogP contribution in [0.3, 0.4) is 0 Å². The van der Waals surface area contributed by atoms with E-state index < -0.39 is 16.0 Å². The molecule has 17 heavy (non-hydrogen) atoms. The number of hydrogen-bond acceptors (Lipinski definition) is 4. The minimum Gasteiger partial charge on any atom is -0.468 e. The van der Waals surface area contributed by atoms with Crippen LogP contribution in [0.15, 0.2) is 28.7 Å². The molecule has 0 amide bonds. The normalized spacial score (nSPS) is 11.0. The fourth-order valence-electron chi connectivity index (χ4n) is 1.19. The first-order chi connectivity index (χ1) is 7.84. The minimum absolute atomic E-state index is 0.336. The van der Waals surface area contributed by atoms with E-state index in [1.807, 2.05) is 0 Å². The molecule has 0 N–H and O–H groups in total. The van der Waals surface area contributed by atoms with E-state index in [1.165, 1.54) is 7.11 Å². The van der Waals surface area contributed by atoms with Gasteiger partial charge in [0.15, 0.2) is 0 Å². The predicted octanol–water partition coefficient (Wildman–Crippen LogP) is 1.39. The highest BCUT2D eigenvalue weighted by Gasteiger charge is 2.20. The maximum absolute atomic E-state index is 11.6. The van der Waals surface area contributed by atoms with Crippen molar-refractivity contribution in [2.24, 2.45) is 0 Å². The smallest absolute Gasteiger partial charge is 0.326 e. The third-order valence-corrected chi connectivity index (χ3v) is 3.68. The summed E-state index contributed by atoms with van der Waals surface area (Å²) in [5.74, 6) is -0.613. The van der Waals surface area contributed by atoms with Crippen LogP contribution in [0, 0.1) is 0 Å². The van der Waals surface area contributed by atoms with Gasteiger partial charge in [0.05, 0.1) is 19.1 Å². The molecule has 0 aromatic heterocycles. The van der Waals surface area contributed by atoms with E-state index in [2.05, 4.69) is 20.7 Å². The van der Waals surface area contributed by atoms with Gasteiger partial charge in [-0.3, -0.25) is 9.10 Å². The highest BCUT2D eigenvalue weighted by atomic mass is 79.9. The van der Waals surface area contributed by atoms with E-state index in [1.54, 1.807) is 24.3 Å². The van der Waals surface area contributed by atoms with Crippen molar-refractivity contribution in [1.29, 1.82) is 0 Å². The first-order valence-corrected chi connectivity index (χ1v) is 7.29. The molecule has 0 aliphatic carbocycles. The van der Waals surface area contributed by atoms with E-state index in [4.69, 9.17) is 0 Å². The fraction of sp³-hybridized carbons (Fsp3) is 0.300. The van der Waals surface area contributed by atoms with Gasteiger partial charge < -0.3 is 4.74 Å². The summed E-state index contributed by atoms with van der Waals surface area (Å²) in [6, 6.07) is 6.61. The van der Waals surface area contributed by atoms with Crippen LogP contribution in [0.4, 0.5) is 5.69 Å². The lowest BCUT2D eigenvalue weighted by atomic mass is 10.3. The van der Waals surface area contributed by atoms with Gasteiger partial charge in [0.1, 0.15) is 6.54 Å². The summed E-state index contributed by atoms with van der Waals surface area (Å²) in [4.78, 5) is 11.2. The highest BCUT2D eigenvalue weighted by Crippen LogP contribution is 2.20. The van der Waals surface area contributed by atoms with Crippen molar-refractivity contribution in [2.45, 2.75) is 0 Å². The number of rotatable bonds is 4. The third kappa shape index (κ3) is 4.01. The molecular weight excluding hydrogens is 310 g/mol. The Bertz CT molecular complexity index is 498. The van der Waals surface area contributed by atoms with Gasteiger partial charge in [-0.1, -0.05) is 15.9 Å². The molecule has 1 aromatic carbocycles. The van der Waals surface area contributed by atoms with Gasteiger partial charge in [0.25, 0.3) is 0 Å². The van der Waals surface area contributed by atoms with E-state index in [0.29, 0.717) is 5.69 Å². The van der Waals surface area contributed by atoms with E-state index in [-0.39, 0.29) is 6.54 Å².